The molecule has 0 unspecified atom stereocenters. The Hall–Kier alpha value is -4.01. The topological polar surface area (TPSA) is 108 Å². The number of carbonyl (C=O) groups excluding carboxylic acids is 2. The summed E-state index contributed by atoms with van der Waals surface area (Å²) in [4.78, 5) is 36.4. The summed E-state index contributed by atoms with van der Waals surface area (Å²) >= 11 is 0. The Morgan fingerprint density at radius 3 is 2.45 bits per heavy atom. The number of ether oxygens (including phenoxy) is 1. The lowest BCUT2D eigenvalue weighted by Crippen LogP contribution is -2.35. The molecule has 0 fully saturated rings. The second-order valence-electron chi connectivity index (χ2n) is 6.17. The number of esters is 1. The Balaban J connectivity index is 1.82. The highest BCUT2D eigenvalue weighted by atomic mass is 16.6. The van der Waals surface area contributed by atoms with Gasteiger partial charge in [-0.3, -0.25) is 19.7 Å². The van der Waals surface area contributed by atoms with Crippen molar-refractivity contribution in [3.63, 3.8) is 0 Å². The molecule has 29 heavy (non-hydrogen) atoms. The van der Waals surface area contributed by atoms with Gasteiger partial charge in [0.05, 0.1) is 29.5 Å². The Morgan fingerprint density at radius 2 is 1.83 bits per heavy atom. The fraction of sp³-hybridized carbons (Fsp3) is 0.150. The van der Waals surface area contributed by atoms with Crippen molar-refractivity contribution in [3.05, 3.63) is 88.2 Å². The highest BCUT2D eigenvalue weighted by Gasteiger charge is 2.21. The zero-order valence-electron chi connectivity index (χ0n) is 15.6. The highest BCUT2D eigenvalue weighted by molar-refractivity contribution is 5.95. The summed E-state index contributed by atoms with van der Waals surface area (Å²) in [7, 11) is 1.26. The Kier molecular flexibility index (Phi) is 5.98. The zero-order chi connectivity index (χ0) is 20.8. The molecular weight excluding hydrogens is 376 g/mol. The molecule has 0 aliphatic carbocycles. The van der Waals surface area contributed by atoms with E-state index in [1.165, 1.54) is 53.4 Å². The minimum atomic E-state index is -0.531. The first-order chi connectivity index (χ1) is 14.0. The van der Waals surface area contributed by atoms with Crippen LogP contribution in [0.25, 0.3) is 5.69 Å². The van der Waals surface area contributed by atoms with E-state index in [0.29, 0.717) is 5.69 Å². The molecule has 0 aliphatic heterocycles. The molecular formula is C20H18N4O5. The molecule has 0 saturated heterocycles. The maximum Gasteiger partial charge on any atom is 0.325 e. The zero-order valence-corrected chi connectivity index (χ0v) is 15.6. The van der Waals surface area contributed by atoms with Crippen LogP contribution in [0.15, 0.2) is 67.0 Å². The van der Waals surface area contributed by atoms with Gasteiger partial charge in [-0.15, -0.1) is 0 Å². The molecule has 3 aromatic rings. The summed E-state index contributed by atoms with van der Waals surface area (Å²) in [6.07, 6.45) is 2.90. The van der Waals surface area contributed by atoms with Crippen molar-refractivity contribution >= 4 is 17.6 Å². The van der Waals surface area contributed by atoms with Gasteiger partial charge in [0.2, 0.25) is 0 Å². The lowest BCUT2D eigenvalue weighted by atomic mass is 10.2. The number of nitrogens with zero attached hydrogens (tertiary/aromatic N) is 4. The van der Waals surface area contributed by atoms with Crippen molar-refractivity contribution in [2.75, 3.05) is 13.7 Å². The van der Waals surface area contributed by atoms with Gasteiger partial charge < -0.3 is 9.64 Å². The number of nitro groups is 1. The SMILES string of the molecule is COC(=O)CN(Cc1ccccc1)C(=O)c1cnn(-c2ccc([N+](=O)[O-])cc2)c1. The molecule has 0 bridgehead atoms. The monoisotopic (exact) mass is 394 g/mol. The number of hydrogen-bond acceptors (Lipinski definition) is 6. The normalized spacial score (nSPS) is 10.4. The number of non-ortho nitro benzene ring substituents is 1. The van der Waals surface area contributed by atoms with E-state index >= 15 is 0 Å². The van der Waals surface area contributed by atoms with Crippen LogP contribution in [-0.4, -0.2) is 45.1 Å². The van der Waals surface area contributed by atoms with E-state index in [1.807, 2.05) is 30.3 Å². The molecule has 0 aliphatic rings. The van der Waals surface area contributed by atoms with Crippen molar-refractivity contribution in [1.82, 2.24) is 14.7 Å². The molecule has 0 radical (unpaired) electrons. The van der Waals surface area contributed by atoms with Gasteiger partial charge in [0.1, 0.15) is 6.54 Å². The Morgan fingerprint density at radius 1 is 1.14 bits per heavy atom. The average molecular weight is 394 g/mol. The molecule has 9 nitrogen and oxygen atoms in total. The molecule has 9 heteroatoms. The molecule has 0 atom stereocenters. The van der Waals surface area contributed by atoms with Crippen LogP contribution in [0.4, 0.5) is 5.69 Å². The van der Waals surface area contributed by atoms with Crippen LogP contribution in [-0.2, 0) is 16.1 Å². The summed E-state index contributed by atoms with van der Waals surface area (Å²) < 4.78 is 6.14. The molecule has 1 amide bonds. The van der Waals surface area contributed by atoms with E-state index in [-0.39, 0.29) is 30.2 Å². The predicted octanol–water partition coefficient (Wildman–Crippen LogP) is 2.60. The molecule has 2 aromatic carbocycles. The average Bonchev–Trinajstić information content (AvgIpc) is 3.23. The van der Waals surface area contributed by atoms with E-state index in [2.05, 4.69) is 5.10 Å². The lowest BCUT2D eigenvalue weighted by Gasteiger charge is -2.21. The summed E-state index contributed by atoms with van der Waals surface area (Å²) in [6.45, 7) is 0.0322. The number of benzene rings is 2. The third kappa shape index (κ3) is 4.83. The fourth-order valence-corrected chi connectivity index (χ4v) is 2.71. The van der Waals surface area contributed by atoms with Crippen molar-refractivity contribution in [1.29, 1.82) is 0 Å². The molecule has 0 N–H and O–H groups in total. The van der Waals surface area contributed by atoms with Crippen LogP contribution >= 0.6 is 0 Å². The third-order valence-corrected chi connectivity index (χ3v) is 4.21. The van der Waals surface area contributed by atoms with Crippen LogP contribution in [0.2, 0.25) is 0 Å². The second kappa shape index (κ2) is 8.79. The van der Waals surface area contributed by atoms with Crippen molar-refractivity contribution in [2.24, 2.45) is 0 Å². The molecule has 1 aromatic heterocycles. The summed E-state index contributed by atoms with van der Waals surface area (Å²) in [6, 6.07) is 15.1. The second-order valence-corrected chi connectivity index (χ2v) is 6.17. The van der Waals surface area contributed by atoms with Gasteiger partial charge in [-0.05, 0) is 17.7 Å². The van der Waals surface area contributed by atoms with Gasteiger partial charge in [0, 0.05) is 24.9 Å². The standard InChI is InChI=1S/C20H18N4O5/c1-29-19(25)14-22(12-15-5-3-2-4-6-15)20(26)16-11-21-23(13-16)17-7-9-18(10-8-17)24(27)28/h2-11,13H,12,14H2,1H3. The number of hydrogen-bond donors (Lipinski definition) is 0. The minimum Gasteiger partial charge on any atom is -0.468 e. The smallest absolute Gasteiger partial charge is 0.325 e. The van der Waals surface area contributed by atoms with Crippen LogP contribution in [0.1, 0.15) is 15.9 Å². The van der Waals surface area contributed by atoms with E-state index in [9.17, 15) is 19.7 Å². The molecule has 3 rings (SSSR count). The first-order valence-electron chi connectivity index (χ1n) is 8.67. The van der Waals surface area contributed by atoms with Crippen LogP contribution < -0.4 is 0 Å². The Labute approximate surface area is 166 Å². The first-order valence-corrected chi connectivity index (χ1v) is 8.67. The van der Waals surface area contributed by atoms with E-state index in [4.69, 9.17) is 4.74 Å². The van der Waals surface area contributed by atoms with E-state index < -0.39 is 10.9 Å². The number of amides is 1. The number of aromatic nitrogens is 2. The summed E-state index contributed by atoms with van der Waals surface area (Å²) in [5.74, 6) is -0.913. The van der Waals surface area contributed by atoms with E-state index in [1.54, 1.807) is 0 Å². The number of carbonyl (C=O) groups is 2. The number of methoxy groups -OCH3 is 1. The third-order valence-electron chi connectivity index (χ3n) is 4.21. The number of nitro benzene ring substituents is 1. The number of rotatable bonds is 7. The fourth-order valence-electron chi connectivity index (χ4n) is 2.71. The van der Waals surface area contributed by atoms with E-state index in [0.717, 1.165) is 5.56 Å². The first kappa shape index (κ1) is 19.7. The predicted molar refractivity (Wildman–Crippen MR) is 103 cm³/mol. The summed E-state index contributed by atoms with van der Waals surface area (Å²) in [5.41, 5.74) is 1.68. The highest BCUT2D eigenvalue weighted by Crippen LogP contribution is 2.16. The van der Waals surface area contributed by atoms with Crippen molar-refractivity contribution in [3.8, 4) is 5.69 Å². The van der Waals surface area contributed by atoms with Gasteiger partial charge in [-0.2, -0.15) is 5.10 Å². The maximum absolute atomic E-state index is 13.0. The molecule has 0 saturated carbocycles. The van der Waals surface area contributed by atoms with Gasteiger partial charge in [0.15, 0.2) is 0 Å². The largest absolute Gasteiger partial charge is 0.468 e. The lowest BCUT2D eigenvalue weighted by molar-refractivity contribution is -0.384. The molecule has 0 spiro atoms. The summed E-state index contributed by atoms with van der Waals surface area (Å²) in [5, 5.41) is 14.9. The van der Waals surface area contributed by atoms with Crippen LogP contribution in [0.3, 0.4) is 0 Å². The van der Waals surface area contributed by atoms with Gasteiger partial charge >= 0.3 is 5.97 Å². The van der Waals surface area contributed by atoms with Gasteiger partial charge in [-0.1, -0.05) is 30.3 Å². The maximum atomic E-state index is 13.0. The Bertz CT molecular complexity index is 1010. The quantitative estimate of drug-likeness (QED) is 0.346. The van der Waals surface area contributed by atoms with Crippen LogP contribution in [0, 0.1) is 10.1 Å². The van der Waals surface area contributed by atoms with Crippen molar-refractivity contribution in [2.45, 2.75) is 6.54 Å². The van der Waals surface area contributed by atoms with Crippen LogP contribution in [0.5, 0.6) is 0 Å². The van der Waals surface area contributed by atoms with Gasteiger partial charge in [-0.25, -0.2) is 4.68 Å². The van der Waals surface area contributed by atoms with Crippen molar-refractivity contribution < 1.29 is 19.2 Å². The minimum absolute atomic E-state index is 0.0377. The molecule has 148 valence electrons. The molecule has 1 heterocycles. The van der Waals surface area contributed by atoms with Gasteiger partial charge in [0.25, 0.3) is 11.6 Å².